The van der Waals surface area contributed by atoms with Gasteiger partial charge in [-0.15, -0.1) is 0 Å². The van der Waals surface area contributed by atoms with E-state index in [1.165, 1.54) is 17.5 Å². The molecular formula is C24H25F3N2O4S. The van der Waals surface area contributed by atoms with E-state index in [9.17, 15) is 26.4 Å². The predicted molar refractivity (Wildman–Crippen MR) is 120 cm³/mol. The minimum atomic E-state index is -3.65. The Bertz CT molecular complexity index is 1220. The van der Waals surface area contributed by atoms with Crippen molar-refractivity contribution in [1.29, 1.82) is 0 Å². The van der Waals surface area contributed by atoms with E-state index in [1.807, 2.05) is 0 Å². The smallest absolute Gasteiger partial charge is 0.246 e. The fraction of sp³-hybridized carbons (Fsp3) is 0.375. The molecular weight excluding hydrogens is 469 g/mol. The first kappa shape index (κ1) is 24.3. The van der Waals surface area contributed by atoms with Crippen LogP contribution in [0.5, 0.6) is 5.75 Å². The van der Waals surface area contributed by atoms with Crippen LogP contribution in [0.2, 0.25) is 0 Å². The van der Waals surface area contributed by atoms with E-state index in [0.717, 1.165) is 30.7 Å². The van der Waals surface area contributed by atoms with Gasteiger partial charge in [-0.3, -0.25) is 4.79 Å². The molecule has 0 radical (unpaired) electrons. The molecule has 0 bridgehead atoms. The van der Waals surface area contributed by atoms with Crippen LogP contribution in [-0.4, -0.2) is 56.8 Å². The van der Waals surface area contributed by atoms with E-state index < -0.39 is 27.5 Å². The quantitative estimate of drug-likeness (QED) is 0.468. The SMILES string of the molecule is COc1cccc(S(=O)(=O)N2CCC3(CCN(C(=O)C=Cc4ccc(F)c(F)c4F)C3)CC2)c1. The van der Waals surface area contributed by atoms with Crippen molar-refractivity contribution in [2.75, 3.05) is 33.3 Å². The lowest BCUT2D eigenvalue weighted by atomic mass is 9.78. The second kappa shape index (κ2) is 9.42. The average molecular weight is 495 g/mol. The second-order valence-corrected chi connectivity index (χ2v) is 10.6. The minimum Gasteiger partial charge on any atom is -0.497 e. The molecule has 1 amide bonds. The van der Waals surface area contributed by atoms with E-state index in [2.05, 4.69) is 0 Å². The Morgan fingerprint density at radius 1 is 1.03 bits per heavy atom. The molecule has 2 aromatic carbocycles. The van der Waals surface area contributed by atoms with E-state index in [0.29, 0.717) is 44.8 Å². The largest absolute Gasteiger partial charge is 0.497 e. The van der Waals surface area contributed by atoms with Gasteiger partial charge < -0.3 is 9.64 Å². The number of amides is 1. The standard InChI is InChI=1S/C24H25F3N2O4S/c1-33-18-3-2-4-19(15-18)34(31,32)29-13-10-24(11-14-29)9-12-28(16-24)21(30)8-6-17-5-7-20(25)23(27)22(17)26/h2-8,15H,9-14,16H2,1H3. The molecule has 2 aliphatic heterocycles. The maximum absolute atomic E-state index is 13.8. The van der Waals surface area contributed by atoms with Gasteiger partial charge >= 0.3 is 0 Å². The Kier molecular flexibility index (Phi) is 6.73. The van der Waals surface area contributed by atoms with Crippen molar-refractivity contribution < 1.29 is 31.1 Å². The van der Waals surface area contributed by atoms with Crippen LogP contribution in [0.3, 0.4) is 0 Å². The molecule has 1 spiro atoms. The average Bonchev–Trinajstić information content (AvgIpc) is 3.25. The van der Waals surface area contributed by atoms with E-state index >= 15 is 0 Å². The number of sulfonamides is 1. The summed E-state index contributed by atoms with van der Waals surface area (Å²) in [7, 11) is -2.17. The van der Waals surface area contributed by atoms with Crippen LogP contribution in [0.4, 0.5) is 13.2 Å². The fourth-order valence-electron chi connectivity index (χ4n) is 4.58. The highest BCUT2D eigenvalue weighted by molar-refractivity contribution is 7.89. The summed E-state index contributed by atoms with van der Waals surface area (Å²) in [5, 5.41) is 0. The number of ether oxygens (including phenoxy) is 1. The summed E-state index contributed by atoms with van der Waals surface area (Å²) >= 11 is 0. The Balaban J connectivity index is 1.38. The number of hydrogen-bond acceptors (Lipinski definition) is 4. The number of halogens is 3. The number of hydrogen-bond donors (Lipinski definition) is 0. The van der Waals surface area contributed by atoms with E-state index in [1.54, 1.807) is 23.1 Å². The van der Waals surface area contributed by atoms with E-state index in [-0.39, 0.29) is 21.8 Å². The van der Waals surface area contributed by atoms with Gasteiger partial charge in [0.05, 0.1) is 12.0 Å². The van der Waals surface area contributed by atoms with Crippen molar-refractivity contribution in [3.8, 4) is 5.75 Å². The van der Waals surface area contributed by atoms with Gasteiger partial charge in [-0.2, -0.15) is 4.31 Å². The van der Waals surface area contributed by atoms with Gasteiger partial charge in [0.15, 0.2) is 17.5 Å². The zero-order valence-electron chi connectivity index (χ0n) is 18.6. The highest BCUT2D eigenvalue weighted by atomic mass is 32.2. The number of nitrogens with zero attached hydrogens (tertiary/aromatic N) is 2. The number of benzene rings is 2. The normalized spacial score (nSPS) is 18.6. The number of rotatable bonds is 5. The molecule has 0 N–H and O–H groups in total. The zero-order chi connectivity index (χ0) is 24.5. The van der Waals surface area contributed by atoms with Crippen LogP contribution in [0, 0.1) is 22.9 Å². The molecule has 2 fully saturated rings. The monoisotopic (exact) mass is 494 g/mol. The summed E-state index contributed by atoms with van der Waals surface area (Å²) in [6.07, 6.45) is 4.24. The molecule has 0 unspecified atom stereocenters. The van der Waals surface area contributed by atoms with Gasteiger partial charge in [0.2, 0.25) is 15.9 Å². The summed E-state index contributed by atoms with van der Waals surface area (Å²) in [5.41, 5.74) is -0.394. The molecule has 0 aromatic heterocycles. The molecule has 6 nitrogen and oxygen atoms in total. The number of piperidine rings is 1. The summed E-state index contributed by atoms with van der Waals surface area (Å²) in [6.45, 7) is 1.64. The van der Waals surface area contributed by atoms with Crippen molar-refractivity contribution in [3.05, 3.63) is 65.5 Å². The molecule has 34 heavy (non-hydrogen) atoms. The third-order valence-corrected chi connectivity index (χ3v) is 8.58. The van der Waals surface area contributed by atoms with Crippen molar-refractivity contribution >= 4 is 22.0 Å². The predicted octanol–water partition coefficient (Wildman–Crippen LogP) is 3.83. The Morgan fingerprint density at radius 3 is 2.44 bits per heavy atom. The third-order valence-electron chi connectivity index (χ3n) is 6.68. The Labute approximate surface area is 196 Å². The lowest BCUT2D eigenvalue weighted by molar-refractivity contribution is -0.125. The molecule has 2 aromatic rings. The van der Waals surface area contributed by atoms with Gasteiger partial charge in [-0.05, 0) is 55.0 Å². The zero-order valence-corrected chi connectivity index (χ0v) is 19.5. The highest BCUT2D eigenvalue weighted by Gasteiger charge is 2.43. The van der Waals surface area contributed by atoms with Gasteiger partial charge in [-0.1, -0.05) is 6.07 Å². The van der Waals surface area contributed by atoms with Crippen LogP contribution in [-0.2, 0) is 14.8 Å². The third kappa shape index (κ3) is 4.69. The first-order valence-corrected chi connectivity index (χ1v) is 12.3. The number of likely N-dealkylation sites (tertiary alicyclic amines) is 1. The molecule has 2 heterocycles. The van der Waals surface area contributed by atoms with Crippen LogP contribution >= 0.6 is 0 Å². The first-order valence-electron chi connectivity index (χ1n) is 10.9. The lowest BCUT2D eigenvalue weighted by Gasteiger charge is -2.38. The molecule has 4 rings (SSSR count). The minimum absolute atomic E-state index is 0.181. The molecule has 182 valence electrons. The Morgan fingerprint density at radius 2 is 1.74 bits per heavy atom. The molecule has 2 aliphatic rings. The molecule has 0 aliphatic carbocycles. The lowest BCUT2D eigenvalue weighted by Crippen LogP contribution is -2.44. The van der Waals surface area contributed by atoms with Crippen LogP contribution in [0.15, 0.2) is 47.4 Å². The van der Waals surface area contributed by atoms with Gasteiger partial charge in [0.25, 0.3) is 0 Å². The summed E-state index contributed by atoms with van der Waals surface area (Å²) in [6, 6.07) is 8.24. The maximum Gasteiger partial charge on any atom is 0.246 e. The first-order chi connectivity index (χ1) is 16.1. The summed E-state index contributed by atoms with van der Waals surface area (Å²) < 4.78 is 73.0. The van der Waals surface area contributed by atoms with Crippen LogP contribution in [0.1, 0.15) is 24.8 Å². The topological polar surface area (TPSA) is 66.9 Å². The summed E-state index contributed by atoms with van der Waals surface area (Å²) in [4.78, 5) is 14.4. The molecule has 0 saturated carbocycles. The number of carbonyl (C=O) groups is 1. The second-order valence-electron chi connectivity index (χ2n) is 8.69. The van der Waals surface area contributed by atoms with Gasteiger partial charge in [0, 0.05) is 43.9 Å². The van der Waals surface area contributed by atoms with E-state index in [4.69, 9.17) is 4.74 Å². The maximum atomic E-state index is 13.8. The highest BCUT2D eigenvalue weighted by Crippen LogP contribution is 2.41. The Hall–Kier alpha value is -2.85. The number of methoxy groups -OCH3 is 1. The van der Waals surface area contributed by atoms with Crippen molar-refractivity contribution in [2.24, 2.45) is 5.41 Å². The molecule has 2 saturated heterocycles. The van der Waals surface area contributed by atoms with Crippen molar-refractivity contribution in [1.82, 2.24) is 9.21 Å². The molecule has 0 atom stereocenters. The van der Waals surface area contributed by atoms with Crippen molar-refractivity contribution in [3.63, 3.8) is 0 Å². The van der Waals surface area contributed by atoms with Gasteiger partial charge in [-0.25, -0.2) is 21.6 Å². The number of carbonyl (C=O) groups excluding carboxylic acids is 1. The van der Waals surface area contributed by atoms with Crippen LogP contribution in [0.25, 0.3) is 6.08 Å². The van der Waals surface area contributed by atoms with Gasteiger partial charge in [0.1, 0.15) is 5.75 Å². The van der Waals surface area contributed by atoms with Crippen molar-refractivity contribution in [2.45, 2.75) is 24.2 Å². The fourth-order valence-corrected chi connectivity index (χ4v) is 6.06. The molecule has 10 heteroatoms. The van der Waals surface area contributed by atoms with Crippen LogP contribution < -0.4 is 4.74 Å². The summed E-state index contributed by atoms with van der Waals surface area (Å²) in [5.74, 6) is -4.09.